The molecule has 186 valence electrons. The average Bonchev–Trinajstić information content (AvgIpc) is 3.57. The number of likely N-dealkylation sites (tertiary alicyclic amines) is 1. The smallest absolute Gasteiger partial charge is 0.226 e. The first-order chi connectivity index (χ1) is 18.2. The van der Waals surface area contributed by atoms with E-state index in [1.54, 1.807) is 17.7 Å². The molecule has 0 radical (unpaired) electrons. The summed E-state index contributed by atoms with van der Waals surface area (Å²) in [5.74, 6) is 1.77. The molecule has 2 aliphatic rings. The standard InChI is InChI=1S/C29H28N6OS/c36-29(35-12-10-19(11-13-35)18-4-2-1-3-5-18)20-6-8-23-25(15-20)37-28-26(23)27(30-17-31-28)33-22-7-9-24-21(14-22)16-32-34-24/h1-5,7,9,14,16-17,19-20H,6,8,10-13,15H2,(H,32,34)(H,30,31,33). The van der Waals surface area contributed by atoms with Crippen molar-refractivity contribution in [3.8, 4) is 0 Å². The van der Waals surface area contributed by atoms with E-state index in [1.165, 1.54) is 16.0 Å². The zero-order valence-corrected chi connectivity index (χ0v) is 21.3. The summed E-state index contributed by atoms with van der Waals surface area (Å²) in [6.07, 6.45) is 8.11. The number of aryl methyl sites for hydroxylation is 1. The number of carbonyl (C=O) groups is 1. The van der Waals surface area contributed by atoms with Gasteiger partial charge in [0.25, 0.3) is 0 Å². The van der Waals surface area contributed by atoms with E-state index in [1.807, 2.05) is 18.3 Å². The predicted octanol–water partition coefficient (Wildman–Crippen LogP) is 5.82. The van der Waals surface area contributed by atoms with Crippen LogP contribution in [-0.2, 0) is 17.6 Å². The van der Waals surface area contributed by atoms with E-state index in [0.717, 1.165) is 77.8 Å². The number of fused-ring (bicyclic) bond motifs is 4. The summed E-state index contributed by atoms with van der Waals surface area (Å²) in [6.45, 7) is 1.71. The van der Waals surface area contributed by atoms with Crippen LogP contribution in [0.4, 0.5) is 11.5 Å². The molecule has 1 saturated heterocycles. The molecule has 0 bridgehead atoms. The second-order valence-corrected chi connectivity index (χ2v) is 11.2. The molecule has 7 rings (SSSR count). The van der Waals surface area contributed by atoms with E-state index in [4.69, 9.17) is 0 Å². The minimum atomic E-state index is 0.0571. The number of benzene rings is 2. The van der Waals surface area contributed by atoms with Gasteiger partial charge in [-0.15, -0.1) is 11.3 Å². The van der Waals surface area contributed by atoms with Gasteiger partial charge in [0.05, 0.1) is 17.1 Å². The molecule has 1 aliphatic carbocycles. The topological polar surface area (TPSA) is 86.8 Å². The minimum Gasteiger partial charge on any atom is -0.342 e. The highest BCUT2D eigenvalue weighted by Crippen LogP contribution is 2.41. The second-order valence-electron chi connectivity index (χ2n) is 10.2. The Morgan fingerprint density at radius 1 is 1.05 bits per heavy atom. The third-order valence-electron chi connectivity index (χ3n) is 7.98. The summed E-state index contributed by atoms with van der Waals surface area (Å²) in [6, 6.07) is 16.8. The number of aromatic nitrogens is 4. The van der Waals surface area contributed by atoms with Crippen LogP contribution in [0.3, 0.4) is 0 Å². The van der Waals surface area contributed by atoms with Gasteiger partial charge < -0.3 is 10.2 Å². The highest BCUT2D eigenvalue weighted by molar-refractivity contribution is 7.19. The zero-order chi connectivity index (χ0) is 24.8. The Hall–Kier alpha value is -3.78. The molecule has 2 aromatic carbocycles. The SMILES string of the molecule is O=C(C1CCc2c(sc3ncnc(Nc4ccc5[nH]ncc5c4)c23)C1)N1CCC(c2ccccc2)CC1. The maximum Gasteiger partial charge on any atom is 0.226 e. The van der Waals surface area contributed by atoms with Crippen molar-refractivity contribution in [1.82, 2.24) is 25.1 Å². The van der Waals surface area contributed by atoms with Gasteiger partial charge in [0, 0.05) is 35.0 Å². The fourth-order valence-corrected chi connectivity index (χ4v) is 7.26. The van der Waals surface area contributed by atoms with Crippen molar-refractivity contribution in [1.29, 1.82) is 0 Å². The van der Waals surface area contributed by atoms with Gasteiger partial charge in [-0.3, -0.25) is 9.89 Å². The predicted molar refractivity (Wildman–Crippen MR) is 147 cm³/mol. The number of amides is 1. The van der Waals surface area contributed by atoms with E-state index in [9.17, 15) is 4.79 Å². The van der Waals surface area contributed by atoms with Gasteiger partial charge in [0.1, 0.15) is 17.0 Å². The summed E-state index contributed by atoms with van der Waals surface area (Å²) >= 11 is 1.72. The normalized spacial score (nSPS) is 18.3. The van der Waals surface area contributed by atoms with Gasteiger partial charge in [-0.25, -0.2) is 9.97 Å². The van der Waals surface area contributed by atoms with Crippen LogP contribution in [0.1, 0.15) is 41.2 Å². The maximum absolute atomic E-state index is 13.5. The molecule has 2 N–H and O–H groups in total. The van der Waals surface area contributed by atoms with E-state index >= 15 is 0 Å². The summed E-state index contributed by atoms with van der Waals surface area (Å²) in [7, 11) is 0. The fraction of sp³-hybridized carbons (Fsp3) is 0.310. The van der Waals surface area contributed by atoms with Crippen molar-refractivity contribution in [2.24, 2.45) is 5.92 Å². The minimum absolute atomic E-state index is 0.0571. The largest absolute Gasteiger partial charge is 0.342 e. The van der Waals surface area contributed by atoms with Crippen LogP contribution in [-0.4, -0.2) is 44.1 Å². The van der Waals surface area contributed by atoms with Crippen molar-refractivity contribution in [3.63, 3.8) is 0 Å². The van der Waals surface area contributed by atoms with Crippen molar-refractivity contribution in [2.75, 3.05) is 18.4 Å². The number of hydrogen-bond acceptors (Lipinski definition) is 6. The number of H-pyrrole nitrogens is 1. The first-order valence-electron chi connectivity index (χ1n) is 13.0. The van der Waals surface area contributed by atoms with Gasteiger partial charge in [-0.1, -0.05) is 30.3 Å². The molecule has 4 heterocycles. The van der Waals surface area contributed by atoms with Crippen molar-refractivity contribution < 1.29 is 4.79 Å². The van der Waals surface area contributed by atoms with Crippen LogP contribution in [0.2, 0.25) is 0 Å². The Morgan fingerprint density at radius 2 is 1.92 bits per heavy atom. The Morgan fingerprint density at radius 3 is 2.78 bits per heavy atom. The molecule has 0 saturated carbocycles. The summed E-state index contributed by atoms with van der Waals surface area (Å²) in [5.41, 5.74) is 4.68. The molecule has 0 spiro atoms. The van der Waals surface area contributed by atoms with Crippen LogP contribution in [0.15, 0.2) is 61.1 Å². The lowest BCUT2D eigenvalue weighted by Crippen LogP contribution is -2.42. The van der Waals surface area contributed by atoms with Crippen molar-refractivity contribution in [2.45, 2.75) is 38.0 Å². The Balaban J connectivity index is 1.08. The first-order valence-corrected chi connectivity index (χ1v) is 13.8. The third kappa shape index (κ3) is 4.15. The molecule has 3 aromatic heterocycles. The fourth-order valence-electron chi connectivity index (χ4n) is 5.99. The van der Waals surface area contributed by atoms with E-state index in [2.05, 4.69) is 66.8 Å². The van der Waals surface area contributed by atoms with Crippen molar-refractivity contribution in [3.05, 3.63) is 77.1 Å². The molecule has 1 fully saturated rings. The van der Waals surface area contributed by atoms with Gasteiger partial charge in [-0.2, -0.15) is 5.10 Å². The van der Waals surface area contributed by atoms with Crippen molar-refractivity contribution >= 4 is 49.9 Å². The molecule has 7 nitrogen and oxygen atoms in total. The highest BCUT2D eigenvalue weighted by atomic mass is 32.1. The molecule has 1 aliphatic heterocycles. The maximum atomic E-state index is 13.5. The summed E-state index contributed by atoms with van der Waals surface area (Å²) in [5, 5.41) is 12.8. The Labute approximate surface area is 218 Å². The quantitative estimate of drug-likeness (QED) is 0.319. The van der Waals surface area contributed by atoms with E-state index in [-0.39, 0.29) is 5.92 Å². The molecule has 1 amide bonds. The molecule has 8 heteroatoms. The number of piperidine rings is 1. The van der Waals surface area contributed by atoms with Gasteiger partial charge >= 0.3 is 0 Å². The van der Waals surface area contributed by atoms with Crippen LogP contribution < -0.4 is 5.32 Å². The van der Waals surface area contributed by atoms with E-state index in [0.29, 0.717) is 11.8 Å². The highest BCUT2D eigenvalue weighted by Gasteiger charge is 2.33. The number of rotatable bonds is 4. The molecule has 5 aromatic rings. The first kappa shape index (κ1) is 22.4. The average molecular weight is 509 g/mol. The number of thiophene rings is 1. The van der Waals surface area contributed by atoms with Gasteiger partial charge in [0.2, 0.25) is 5.91 Å². The zero-order valence-electron chi connectivity index (χ0n) is 20.5. The van der Waals surface area contributed by atoms with Crippen LogP contribution in [0.25, 0.3) is 21.1 Å². The number of aromatic amines is 1. The number of nitrogens with zero attached hydrogens (tertiary/aromatic N) is 4. The lowest BCUT2D eigenvalue weighted by molar-refractivity contribution is -0.137. The van der Waals surface area contributed by atoms with Crippen LogP contribution in [0.5, 0.6) is 0 Å². The monoisotopic (exact) mass is 508 g/mol. The third-order valence-corrected chi connectivity index (χ3v) is 9.14. The molecule has 1 atom stereocenters. The number of anilines is 2. The van der Waals surface area contributed by atoms with E-state index < -0.39 is 0 Å². The lowest BCUT2D eigenvalue weighted by Gasteiger charge is -2.35. The number of hydrogen-bond donors (Lipinski definition) is 2. The summed E-state index contributed by atoms with van der Waals surface area (Å²) in [4.78, 5) is 27.1. The number of nitrogens with one attached hydrogen (secondary N) is 2. The Kier molecular flexibility index (Phi) is 5.61. The summed E-state index contributed by atoms with van der Waals surface area (Å²) < 4.78 is 0. The van der Waals surface area contributed by atoms with Crippen LogP contribution in [0, 0.1) is 5.92 Å². The molecule has 37 heavy (non-hydrogen) atoms. The van der Waals surface area contributed by atoms with Gasteiger partial charge in [0.15, 0.2) is 0 Å². The van der Waals surface area contributed by atoms with Crippen LogP contribution >= 0.6 is 11.3 Å². The lowest BCUT2D eigenvalue weighted by atomic mass is 9.85. The molecular formula is C29H28N6OS. The molecular weight excluding hydrogens is 480 g/mol. The van der Waals surface area contributed by atoms with Gasteiger partial charge in [-0.05, 0) is 67.3 Å². The number of carbonyl (C=O) groups excluding carboxylic acids is 1. The Bertz CT molecular complexity index is 1580. The second kappa shape index (κ2) is 9.27. The molecule has 1 unspecified atom stereocenters.